The van der Waals surface area contributed by atoms with Crippen LogP contribution in [-0.2, 0) is 46.1 Å². The van der Waals surface area contributed by atoms with Gasteiger partial charge in [0.25, 0.3) is 11.8 Å². The molecular formula is C53H47N9O9S4. The molecule has 4 heterocycles. The number of nitrogens with one attached hydrogen (secondary N) is 4. The Bertz CT molecular complexity index is 3390. The number of carbonyl (C=O) groups excluding carboxylic acids is 3. The number of allylic oxidation sites excluding steroid dienone is 1. The molecule has 0 bridgehead atoms. The van der Waals surface area contributed by atoms with Crippen molar-refractivity contribution < 1.29 is 32.4 Å². The Morgan fingerprint density at radius 1 is 0.867 bits per heavy atom. The van der Waals surface area contributed by atoms with Crippen LogP contribution >= 0.6 is 34.9 Å². The van der Waals surface area contributed by atoms with Gasteiger partial charge in [0.2, 0.25) is 10.0 Å². The molecule has 0 radical (unpaired) electrons. The molecule has 1 saturated heterocycles. The molecule has 5 aromatic carbocycles. The first-order valence-electron chi connectivity index (χ1n) is 23.1. The van der Waals surface area contributed by atoms with E-state index in [4.69, 9.17) is 14.6 Å². The lowest BCUT2D eigenvalue weighted by Crippen LogP contribution is -2.71. The molecule has 382 valence electrons. The predicted molar refractivity (Wildman–Crippen MR) is 288 cm³/mol. The highest BCUT2D eigenvalue weighted by Gasteiger charge is 2.55. The number of fused-ring (bicyclic) bond motifs is 1. The van der Waals surface area contributed by atoms with Gasteiger partial charge in [0.1, 0.15) is 35.5 Å². The highest BCUT2D eigenvalue weighted by atomic mass is 32.2. The largest absolute Gasteiger partial charge is 0.448 e. The Kier molecular flexibility index (Phi) is 16.0. The number of thiazole rings is 1. The van der Waals surface area contributed by atoms with Gasteiger partial charge in [-0.2, -0.15) is 0 Å². The number of hydrogen-bond acceptors (Lipinski definition) is 16. The van der Waals surface area contributed by atoms with Crippen LogP contribution in [0, 0.1) is 0 Å². The Balaban J connectivity index is 1.00. The summed E-state index contributed by atoms with van der Waals surface area (Å²) in [6.45, 7) is -0.403. The standard InChI is InChI=1S/C53H47N9O9S4/c1-70-60-41(40-33-74-51(55-40)57-53(37-22-12-5-13-23-37,38-24-14-6-15-25-38)39-26-16-7-17-27-39)45(63)56-42-47(65)62-43(50(67)71-44(34-18-8-3-9-19-34)35-20-10-4-11-21-35)36(32-73-49(42)62)28-31-72-52-59-58-46(64)48(66)61(52)30-29-54-75(2,68)69/h3-28,31,33,42,44,49,54H,29-30,32H2,1-2H3,(H,55,57)(H,56,63)(H,58,64). The summed E-state index contributed by atoms with van der Waals surface area (Å²) in [5, 5.41) is 19.7. The Morgan fingerprint density at radius 2 is 1.43 bits per heavy atom. The highest BCUT2D eigenvalue weighted by Crippen LogP contribution is 2.43. The van der Waals surface area contributed by atoms with Crippen molar-refractivity contribution in [3.8, 4) is 0 Å². The maximum absolute atomic E-state index is 14.7. The zero-order valence-corrected chi connectivity index (χ0v) is 43.3. The van der Waals surface area contributed by atoms with Gasteiger partial charge in [-0.15, -0.1) is 28.2 Å². The maximum atomic E-state index is 14.7. The second-order valence-corrected chi connectivity index (χ2v) is 21.5. The van der Waals surface area contributed by atoms with E-state index in [2.05, 4.69) is 30.7 Å². The van der Waals surface area contributed by atoms with Crippen LogP contribution in [0.2, 0.25) is 0 Å². The Labute approximate surface area is 443 Å². The van der Waals surface area contributed by atoms with Crippen LogP contribution in [-0.4, -0.2) is 93.6 Å². The second kappa shape index (κ2) is 23.1. The normalized spacial score (nSPS) is 15.9. The van der Waals surface area contributed by atoms with Crippen molar-refractivity contribution in [3.05, 3.63) is 234 Å². The lowest BCUT2D eigenvalue weighted by atomic mass is 9.77. The van der Waals surface area contributed by atoms with Gasteiger partial charge in [-0.1, -0.05) is 169 Å². The molecule has 2 aliphatic heterocycles. The van der Waals surface area contributed by atoms with E-state index in [-0.39, 0.29) is 41.1 Å². The molecule has 2 unspecified atom stereocenters. The summed E-state index contributed by atoms with van der Waals surface area (Å²) in [7, 11) is -2.31. The summed E-state index contributed by atoms with van der Waals surface area (Å²) >= 11 is 3.46. The molecule has 7 aromatic rings. The number of nitrogens with zero attached hydrogens (tertiary/aromatic N) is 5. The van der Waals surface area contributed by atoms with Crippen molar-refractivity contribution in [1.29, 1.82) is 0 Å². The van der Waals surface area contributed by atoms with Gasteiger partial charge in [-0.25, -0.2) is 28.0 Å². The molecule has 2 amide bonds. The molecule has 9 rings (SSSR count). The van der Waals surface area contributed by atoms with Crippen LogP contribution < -0.4 is 26.5 Å². The van der Waals surface area contributed by atoms with E-state index in [0.717, 1.165) is 39.3 Å². The maximum Gasteiger partial charge on any atom is 0.356 e. The average molecular weight is 1080 g/mol. The van der Waals surface area contributed by atoms with Crippen LogP contribution in [0.15, 0.2) is 200 Å². The minimum atomic E-state index is -3.61. The lowest BCUT2D eigenvalue weighted by molar-refractivity contribution is -0.154. The first kappa shape index (κ1) is 52.0. The van der Waals surface area contributed by atoms with E-state index in [1.807, 2.05) is 152 Å². The first-order chi connectivity index (χ1) is 36.4. The number of aromatic nitrogens is 4. The fourth-order valence-corrected chi connectivity index (χ4v) is 11.9. The fraction of sp³-hybridized carbons (Fsp3) is 0.170. The van der Waals surface area contributed by atoms with Crippen molar-refractivity contribution in [3.63, 3.8) is 0 Å². The van der Waals surface area contributed by atoms with Gasteiger partial charge >= 0.3 is 17.1 Å². The monoisotopic (exact) mass is 1080 g/mol. The van der Waals surface area contributed by atoms with Crippen molar-refractivity contribution in [1.82, 2.24) is 34.7 Å². The third-order valence-electron chi connectivity index (χ3n) is 12.0. The fourth-order valence-electron chi connectivity index (χ4n) is 8.62. The third kappa shape index (κ3) is 11.4. The quantitative estimate of drug-likeness (QED) is 0.0131. The number of aromatic amines is 1. The van der Waals surface area contributed by atoms with E-state index in [1.54, 1.807) is 11.5 Å². The number of ether oxygens (including phenoxy) is 1. The van der Waals surface area contributed by atoms with Gasteiger partial charge in [-0.05, 0) is 44.9 Å². The first-order valence-corrected chi connectivity index (χ1v) is 27.8. The number of thioether (sulfide) groups is 2. The Morgan fingerprint density at radius 3 is 1.97 bits per heavy atom. The average Bonchev–Trinajstić information content (AvgIpc) is 3.91. The molecular weight excluding hydrogens is 1030 g/mol. The smallest absolute Gasteiger partial charge is 0.356 e. The number of benzene rings is 5. The van der Waals surface area contributed by atoms with E-state index in [1.165, 1.54) is 40.5 Å². The zero-order valence-electron chi connectivity index (χ0n) is 40.1. The molecule has 1 fully saturated rings. The SMILES string of the molecule is CON=C(C(=O)NC1C(=O)N2C(C(=O)OC(c3ccccc3)c3ccccc3)=C(C=CSc3n[nH]c(=O)c(=O)n3CCNS(C)(=O)=O)CSC12)c1csc(NC(c2ccccc2)(c2ccccc2)c2ccccc2)n1. The molecule has 4 N–H and O–H groups in total. The van der Waals surface area contributed by atoms with Crippen molar-refractivity contribution in [2.45, 2.75) is 34.8 Å². The van der Waals surface area contributed by atoms with Crippen LogP contribution in [0.3, 0.4) is 0 Å². The van der Waals surface area contributed by atoms with E-state index >= 15 is 0 Å². The summed E-state index contributed by atoms with van der Waals surface area (Å²) in [6, 6.07) is 47.0. The van der Waals surface area contributed by atoms with Gasteiger partial charge in [0, 0.05) is 24.2 Å². The summed E-state index contributed by atoms with van der Waals surface area (Å²) in [6.07, 6.45) is 1.65. The number of anilines is 1. The van der Waals surface area contributed by atoms with Crippen molar-refractivity contribution >= 4 is 73.5 Å². The summed E-state index contributed by atoms with van der Waals surface area (Å²) in [4.78, 5) is 80.0. The van der Waals surface area contributed by atoms with Crippen LogP contribution in [0.25, 0.3) is 0 Å². The van der Waals surface area contributed by atoms with Crippen LogP contribution in [0.1, 0.15) is 39.6 Å². The molecule has 2 aliphatic rings. The molecule has 18 nitrogen and oxygen atoms in total. The lowest BCUT2D eigenvalue weighted by Gasteiger charge is -2.49. The number of H-pyrrole nitrogens is 1. The minimum Gasteiger partial charge on any atom is -0.448 e. The predicted octanol–water partition coefficient (Wildman–Crippen LogP) is 5.98. The van der Waals surface area contributed by atoms with Crippen molar-refractivity contribution in [2.75, 3.05) is 31.0 Å². The van der Waals surface area contributed by atoms with Gasteiger partial charge < -0.3 is 20.2 Å². The molecule has 0 spiro atoms. The molecule has 75 heavy (non-hydrogen) atoms. The molecule has 22 heteroatoms. The minimum absolute atomic E-state index is 0.0210. The number of esters is 1. The molecule has 0 saturated carbocycles. The second-order valence-electron chi connectivity index (χ2n) is 16.9. The summed E-state index contributed by atoms with van der Waals surface area (Å²) < 4.78 is 33.1. The number of oxime groups is 1. The summed E-state index contributed by atoms with van der Waals surface area (Å²) in [5.74, 6) is -2.03. The summed E-state index contributed by atoms with van der Waals surface area (Å²) in [5.41, 5.74) is 1.59. The molecule has 2 aromatic heterocycles. The number of β-lactam (4-membered cyclic amide) rings is 1. The number of sulfonamides is 1. The van der Waals surface area contributed by atoms with E-state index < -0.39 is 62.0 Å². The topological polar surface area (TPSA) is 236 Å². The van der Waals surface area contributed by atoms with E-state index in [0.29, 0.717) is 21.8 Å². The zero-order chi connectivity index (χ0) is 52.5. The van der Waals surface area contributed by atoms with Crippen LogP contribution in [0.5, 0.6) is 0 Å². The highest BCUT2D eigenvalue weighted by molar-refractivity contribution is 8.02. The van der Waals surface area contributed by atoms with Gasteiger partial charge in [0.05, 0.1) is 6.26 Å². The number of hydrogen-bond donors (Lipinski definition) is 4. The molecule has 0 aliphatic carbocycles. The van der Waals surface area contributed by atoms with E-state index in [9.17, 15) is 32.4 Å². The number of amides is 2. The number of rotatable bonds is 20. The third-order valence-corrected chi connectivity index (χ3v) is 15.6. The Hall–Kier alpha value is -7.89. The molecule has 2 atom stereocenters. The van der Waals surface area contributed by atoms with Gasteiger partial charge in [0.15, 0.2) is 22.1 Å². The van der Waals surface area contributed by atoms with Crippen LogP contribution in [0.4, 0.5) is 5.13 Å². The number of carbonyl (C=O) groups is 3. The van der Waals surface area contributed by atoms with Crippen molar-refractivity contribution in [2.24, 2.45) is 5.16 Å². The van der Waals surface area contributed by atoms with Gasteiger partial charge in [-0.3, -0.25) is 28.6 Å².